The summed E-state index contributed by atoms with van der Waals surface area (Å²) in [6, 6.07) is 5.38. The zero-order valence-corrected chi connectivity index (χ0v) is 12.5. The molecule has 1 aromatic carbocycles. The summed E-state index contributed by atoms with van der Waals surface area (Å²) in [5.74, 6) is 4.38. The summed E-state index contributed by atoms with van der Waals surface area (Å²) in [7, 11) is 0. The van der Waals surface area contributed by atoms with Crippen LogP contribution in [0.25, 0.3) is 10.2 Å². The van der Waals surface area contributed by atoms with Crippen molar-refractivity contribution in [2.45, 2.75) is 16.8 Å². The summed E-state index contributed by atoms with van der Waals surface area (Å²) in [4.78, 5) is 10.6. The number of nitrogens with two attached hydrogens (primary N) is 1. The highest BCUT2D eigenvalue weighted by Gasteiger charge is 2.14. The Bertz CT molecular complexity index is 819. The van der Waals surface area contributed by atoms with Crippen LogP contribution in [0, 0.1) is 18.6 Å². The predicted octanol–water partition coefficient (Wildman–Crippen LogP) is 3.71. The van der Waals surface area contributed by atoms with Crippen LogP contribution in [0.2, 0.25) is 0 Å². The van der Waals surface area contributed by atoms with Crippen LogP contribution in [0.1, 0.15) is 4.88 Å². The molecular formula is C13H10F2N4S2. The van der Waals surface area contributed by atoms with Gasteiger partial charge in [0, 0.05) is 21.2 Å². The lowest BCUT2D eigenvalue weighted by molar-refractivity contribution is 0.565. The molecule has 0 saturated heterocycles. The molecule has 0 aliphatic heterocycles. The standard InChI is InChI=1S/C13H10F2N4S2/c1-6-4-8-11(20-6)17-13(19-16)18-12(8)21-10-3-2-7(14)5-9(10)15/h2-5H,16H2,1H3,(H,17,18,19). The van der Waals surface area contributed by atoms with Crippen molar-refractivity contribution in [3.8, 4) is 0 Å². The number of nitrogen functional groups attached to an aromatic ring is 1. The Morgan fingerprint density at radius 1 is 1.24 bits per heavy atom. The zero-order valence-electron chi connectivity index (χ0n) is 10.9. The molecule has 4 nitrogen and oxygen atoms in total. The van der Waals surface area contributed by atoms with E-state index >= 15 is 0 Å². The second kappa shape index (κ2) is 5.55. The molecule has 0 radical (unpaired) electrons. The number of hydrogen-bond donors (Lipinski definition) is 2. The molecule has 0 unspecified atom stereocenters. The second-order valence-corrected chi connectivity index (χ2v) is 6.51. The van der Waals surface area contributed by atoms with Gasteiger partial charge in [-0.05, 0) is 25.1 Å². The highest BCUT2D eigenvalue weighted by molar-refractivity contribution is 7.99. The Hall–Kier alpha value is -1.77. The molecule has 3 aromatic rings. The first-order valence-electron chi connectivity index (χ1n) is 5.94. The number of hydrazine groups is 1. The number of anilines is 1. The van der Waals surface area contributed by atoms with Crippen molar-refractivity contribution in [2.24, 2.45) is 5.84 Å². The lowest BCUT2D eigenvalue weighted by atomic mass is 10.3. The molecule has 0 atom stereocenters. The maximum absolute atomic E-state index is 13.8. The van der Waals surface area contributed by atoms with Crippen LogP contribution in [0.4, 0.5) is 14.7 Å². The van der Waals surface area contributed by atoms with Crippen LogP contribution in [-0.2, 0) is 0 Å². The highest BCUT2D eigenvalue weighted by Crippen LogP contribution is 2.36. The van der Waals surface area contributed by atoms with E-state index in [1.807, 2.05) is 13.0 Å². The Labute approximate surface area is 127 Å². The van der Waals surface area contributed by atoms with E-state index in [-0.39, 0.29) is 5.95 Å². The predicted molar refractivity (Wildman–Crippen MR) is 80.4 cm³/mol. The summed E-state index contributed by atoms with van der Waals surface area (Å²) >= 11 is 2.61. The summed E-state index contributed by atoms with van der Waals surface area (Å²) in [6.45, 7) is 1.95. The van der Waals surface area contributed by atoms with Crippen LogP contribution in [-0.4, -0.2) is 9.97 Å². The van der Waals surface area contributed by atoms with Crippen molar-refractivity contribution in [1.29, 1.82) is 0 Å². The van der Waals surface area contributed by atoms with Crippen molar-refractivity contribution in [1.82, 2.24) is 9.97 Å². The molecule has 8 heteroatoms. The Balaban J connectivity index is 2.10. The third kappa shape index (κ3) is 2.82. The smallest absolute Gasteiger partial charge is 0.239 e. The molecule has 3 rings (SSSR count). The monoisotopic (exact) mass is 324 g/mol. The van der Waals surface area contributed by atoms with Gasteiger partial charge in [0.1, 0.15) is 21.5 Å². The van der Waals surface area contributed by atoms with Gasteiger partial charge in [0.2, 0.25) is 5.95 Å². The fourth-order valence-corrected chi connectivity index (χ4v) is 3.66. The van der Waals surface area contributed by atoms with Crippen molar-refractivity contribution < 1.29 is 8.78 Å². The first-order valence-corrected chi connectivity index (χ1v) is 7.58. The van der Waals surface area contributed by atoms with Gasteiger partial charge in [0.05, 0.1) is 0 Å². The fraction of sp³-hybridized carbons (Fsp3) is 0.0769. The fourth-order valence-electron chi connectivity index (χ4n) is 1.82. The Morgan fingerprint density at radius 3 is 2.76 bits per heavy atom. The van der Waals surface area contributed by atoms with Crippen LogP contribution < -0.4 is 11.3 Å². The first-order chi connectivity index (χ1) is 10.1. The van der Waals surface area contributed by atoms with Crippen LogP contribution >= 0.6 is 23.1 Å². The molecule has 108 valence electrons. The number of aryl methyl sites for hydroxylation is 1. The van der Waals surface area contributed by atoms with Crippen molar-refractivity contribution in [2.75, 3.05) is 5.43 Å². The third-order valence-electron chi connectivity index (χ3n) is 2.71. The van der Waals surface area contributed by atoms with Crippen LogP contribution in [0.15, 0.2) is 34.2 Å². The largest absolute Gasteiger partial charge is 0.292 e. The van der Waals surface area contributed by atoms with E-state index in [1.54, 1.807) is 0 Å². The van der Waals surface area contributed by atoms with Crippen molar-refractivity contribution in [3.63, 3.8) is 0 Å². The lowest BCUT2D eigenvalue weighted by Crippen LogP contribution is -2.10. The second-order valence-electron chi connectivity index (χ2n) is 4.25. The van der Waals surface area contributed by atoms with Crippen LogP contribution in [0.5, 0.6) is 0 Å². The average Bonchev–Trinajstić information content (AvgIpc) is 2.82. The van der Waals surface area contributed by atoms with E-state index in [0.717, 1.165) is 32.9 Å². The van der Waals surface area contributed by atoms with Gasteiger partial charge in [-0.3, -0.25) is 5.43 Å². The average molecular weight is 324 g/mol. The minimum absolute atomic E-state index is 0.259. The summed E-state index contributed by atoms with van der Waals surface area (Å²) in [6.07, 6.45) is 0. The zero-order chi connectivity index (χ0) is 15.0. The third-order valence-corrected chi connectivity index (χ3v) is 4.71. The van der Waals surface area contributed by atoms with Gasteiger partial charge < -0.3 is 0 Å². The number of halogens is 2. The molecule has 2 heterocycles. The molecule has 21 heavy (non-hydrogen) atoms. The summed E-state index contributed by atoms with van der Waals surface area (Å²) < 4.78 is 26.7. The molecule has 0 amide bonds. The molecule has 0 bridgehead atoms. The maximum atomic E-state index is 13.8. The van der Waals surface area contributed by atoms with Gasteiger partial charge in [0.25, 0.3) is 0 Å². The molecule has 0 aliphatic carbocycles. The van der Waals surface area contributed by atoms with Crippen molar-refractivity contribution >= 4 is 39.3 Å². The number of rotatable bonds is 3. The van der Waals surface area contributed by atoms with E-state index in [9.17, 15) is 8.78 Å². The molecule has 0 aliphatic rings. The normalized spacial score (nSPS) is 11.0. The number of thiophene rings is 1. The van der Waals surface area contributed by atoms with E-state index < -0.39 is 11.6 Å². The van der Waals surface area contributed by atoms with E-state index in [4.69, 9.17) is 5.84 Å². The van der Waals surface area contributed by atoms with Gasteiger partial charge in [-0.15, -0.1) is 11.3 Å². The number of nitrogens with one attached hydrogen (secondary N) is 1. The molecule has 2 aromatic heterocycles. The Kier molecular flexibility index (Phi) is 3.75. The molecule has 0 spiro atoms. The first kappa shape index (κ1) is 14.2. The quantitative estimate of drug-likeness (QED) is 0.437. The van der Waals surface area contributed by atoms with E-state index in [1.165, 1.54) is 23.5 Å². The summed E-state index contributed by atoms with van der Waals surface area (Å²) in [5, 5.41) is 1.40. The lowest BCUT2D eigenvalue weighted by Gasteiger charge is -2.06. The number of nitrogens with zero attached hydrogens (tertiary/aromatic N) is 2. The number of fused-ring (bicyclic) bond motifs is 1. The van der Waals surface area contributed by atoms with Crippen LogP contribution in [0.3, 0.4) is 0 Å². The summed E-state index contributed by atoms with van der Waals surface area (Å²) in [5.41, 5.74) is 2.40. The number of benzene rings is 1. The molecular weight excluding hydrogens is 314 g/mol. The molecule has 0 fully saturated rings. The van der Waals surface area contributed by atoms with Gasteiger partial charge in [0.15, 0.2) is 0 Å². The molecule has 0 saturated carbocycles. The Morgan fingerprint density at radius 2 is 2.05 bits per heavy atom. The van der Waals surface area contributed by atoms with Gasteiger partial charge in [-0.1, -0.05) is 11.8 Å². The maximum Gasteiger partial charge on any atom is 0.239 e. The number of aromatic nitrogens is 2. The van der Waals surface area contributed by atoms with Crippen molar-refractivity contribution in [3.05, 3.63) is 40.8 Å². The van der Waals surface area contributed by atoms with Gasteiger partial charge >= 0.3 is 0 Å². The van der Waals surface area contributed by atoms with E-state index in [2.05, 4.69) is 15.4 Å². The SMILES string of the molecule is Cc1cc2c(Sc3ccc(F)cc3F)nc(NN)nc2s1. The number of hydrogen-bond acceptors (Lipinski definition) is 6. The highest BCUT2D eigenvalue weighted by atomic mass is 32.2. The minimum atomic E-state index is -0.624. The van der Waals surface area contributed by atoms with Gasteiger partial charge in [-0.2, -0.15) is 0 Å². The minimum Gasteiger partial charge on any atom is -0.292 e. The topological polar surface area (TPSA) is 63.8 Å². The van der Waals surface area contributed by atoms with Gasteiger partial charge in [-0.25, -0.2) is 24.6 Å². The molecule has 3 N–H and O–H groups in total. The van der Waals surface area contributed by atoms with E-state index in [0.29, 0.717) is 9.92 Å².